The fourth-order valence-corrected chi connectivity index (χ4v) is 9.78. The van der Waals surface area contributed by atoms with Gasteiger partial charge in [-0.2, -0.15) is 12.1 Å². The molecule has 0 bridgehead atoms. The van der Waals surface area contributed by atoms with Crippen molar-refractivity contribution in [3.63, 3.8) is 0 Å². The van der Waals surface area contributed by atoms with Gasteiger partial charge in [0.15, 0.2) is 0 Å². The smallest absolute Gasteiger partial charge is 0.268 e. The zero-order chi connectivity index (χ0) is 58.1. The molecule has 0 fully saturated rings. The van der Waals surface area contributed by atoms with Crippen LogP contribution in [0.4, 0.5) is 0 Å². The van der Waals surface area contributed by atoms with Crippen molar-refractivity contribution in [1.29, 1.82) is 0 Å². The summed E-state index contributed by atoms with van der Waals surface area (Å²) in [4.78, 5) is 4.89. The Morgan fingerprint density at radius 2 is 1.18 bits per heavy atom. The van der Waals surface area contributed by atoms with Gasteiger partial charge < -0.3 is 18.4 Å². The SMILES string of the molecule is [2H]c1c([2H])c([2H])c(-c2cccc(-c3c([2H])c([2H])c([2H])c([2H])c3[2H])c2-[n+]2[c-]n(-c3[c-]c(Oc4[c-]c5c(c(-n6c7ccccc7c7ccccc76)c4)c4ccccc4n5-c4cc(C([2H])([2H])C(C)(C)C)ccn4)ccc3)c3ccccc32)c([2H])c1[2H].[Pt]. The first-order valence-corrected chi connectivity index (χ1v) is 23.1. The van der Waals surface area contributed by atoms with Crippen LogP contribution in [0.2, 0.25) is 0 Å². The number of hydrogen-bond donors (Lipinski definition) is 0. The quantitative estimate of drug-likeness (QED) is 0.107. The van der Waals surface area contributed by atoms with Crippen molar-refractivity contribution in [2.24, 2.45) is 5.41 Å². The molecule has 0 radical (unpaired) electrons. The molecule has 0 N–H and O–H groups in total. The zero-order valence-corrected chi connectivity index (χ0v) is 41.2. The molecule has 0 aliphatic carbocycles. The van der Waals surface area contributed by atoms with Gasteiger partial charge in [-0.05, 0) is 86.7 Å². The summed E-state index contributed by atoms with van der Waals surface area (Å²) in [5, 5.41) is 3.87. The van der Waals surface area contributed by atoms with Crippen molar-refractivity contribution < 1.29 is 46.8 Å². The minimum Gasteiger partial charge on any atom is -0.510 e. The van der Waals surface area contributed by atoms with Gasteiger partial charge in [0.05, 0.1) is 41.5 Å². The maximum absolute atomic E-state index is 9.26. The van der Waals surface area contributed by atoms with Crippen LogP contribution in [0.3, 0.4) is 0 Å². The van der Waals surface area contributed by atoms with Crippen LogP contribution < -0.4 is 9.30 Å². The Labute approximate surface area is 449 Å². The van der Waals surface area contributed by atoms with E-state index in [2.05, 4.69) is 53.4 Å². The van der Waals surface area contributed by atoms with Gasteiger partial charge in [-0.1, -0.05) is 189 Å². The topological polar surface area (TPSA) is 40.8 Å². The van der Waals surface area contributed by atoms with E-state index in [0.717, 1.165) is 43.8 Å². The molecule has 9 aromatic carbocycles. The molecule has 7 heteroatoms. The van der Waals surface area contributed by atoms with Crippen LogP contribution in [0, 0.1) is 23.9 Å². The van der Waals surface area contributed by atoms with Crippen LogP contribution in [-0.2, 0) is 27.4 Å². The molecule has 0 unspecified atom stereocenters. The Hall–Kier alpha value is -8.31. The van der Waals surface area contributed by atoms with Gasteiger partial charge in [-0.25, -0.2) is 4.98 Å². The second-order valence-corrected chi connectivity index (χ2v) is 18.2. The first kappa shape index (κ1) is 33.3. The summed E-state index contributed by atoms with van der Waals surface area (Å²) in [6, 6.07) is 49.0. The molecule has 0 saturated heterocycles. The molecule has 4 aromatic heterocycles. The van der Waals surface area contributed by atoms with E-state index in [9.17, 15) is 2.74 Å². The molecule has 350 valence electrons. The zero-order valence-electron chi connectivity index (χ0n) is 51.0. The van der Waals surface area contributed by atoms with Crippen molar-refractivity contribution in [2.45, 2.75) is 27.1 Å². The van der Waals surface area contributed by atoms with E-state index >= 15 is 0 Å². The standard InChI is InChI=1S/C65H47N5O.Pt/c1-65(2,3)42-44-36-37-66-62(38-44)70-57-33-15-12-28-54(57)63-60(69-55-31-13-10-26-52(55)53-27-11-14-32-56(53)69)40-49(41-61(63)70)71-48-25-18-24-47(39-48)67-43-68(59-35-17-16-34-58(59)67)64-50(45-20-6-4-7-21-45)29-19-30-51(64)46-22-8-5-9-23-46;/h4-38,40H,42H2,1-3H3;/q-2;/i4D,5D,6D,7D,8D,9D,20D,21D,22D,23D,42D2;. The number of aromatic nitrogens is 5. The van der Waals surface area contributed by atoms with Crippen molar-refractivity contribution in [1.82, 2.24) is 18.7 Å². The molecule has 0 aliphatic rings. The molecular weight excluding hydrogens is 1060 g/mol. The number of para-hydroxylation sites is 6. The number of rotatable bonds is 9. The largest absolute Gasteiger partial charge is 0.510 e. The molecule has 4 heterocycles. The Morgan fingerprint density at radius 1 is 0.597 bits per heavy atom. The van der Waals surface area contributed by atoms with E-state index in [1.165, 1.54) is 0 Å². The molecule has 0 atom stereocenters. The van der Waals surface area contributed by atoms with Gasteiger partial charge in [0, 0.05) is 57.8 Å². The minimum atomic E-state index is -1.72. The first-order valence-electron chi connectivity index (χ1n) is 29.1. The van der Waals surface area contributed by atoms with Crippen LogP contribution in [0.1, 0.15) is 42.8 Å². The Morgan fingerprint density at radius 3 is 1.83 bits per heavy atom. The Kier molecular flexibility index (Phi) is 8.39. The summed E-state index contributed by atoms with van der Waals surface area (Å²) in [6.07, 6.45) is 3.35. The summed E-state index contributed by atoms with van der Waals surface area (Å²) in [6.45, 7) is 5.63. The van der Waals surface area contributed by atoms with E-state index < -0.39 is 72.2 Å². The third kappa shape index (κ3) is 7.80. The van der Waals surface area contributed by atoms with Gasteiger partial charge in [0.25, 0.3) is 6.33 Å². The normalized spacial score (nSPS) is 14.3. The molecule has 0 spiro atoms. The summed E-state index contributed by atoms with van der Waals surface area (Å²) in [5.74, 6) is 1.09. The number of nitrogens with zero attached hydrogens (tertiary/aromatic N) is 5. The molecular formula is C65H47N5OPt-2. The second kappa shape index (κ2) is 18.1. The molecule has 13 rings (SSSR count). The van der Waals surface area contributed by atoms with Crippen LogP contribution >= 0.6 is 0 Å². The molecule has 6 nitrogen and oxygen atoms in total. The summed E-state index contributed by atoms with van der Waals surface area (Å²) < 4.78 is 121. The van der Waals surface area contributed by atoms with Gasteiger partial charge in [-0.15, -0.1) is 24.3 Å². The average molecular weight is 1120 g/mol. The predicted molar refractivity (Wildman–Crippen MR) is 288 cm³/mol. The first-order chi connectivity index (χ1) is 39.8. The van der Waals surface area contributed by atoms with Crippen LogP contribution in [0.25, 0.3) is 99.8 Å². The van der Waals surface area contributed by atoms with Crippen LogP contribution in [0.15, 0.2) is 218 Å². The van der Waals surface area contributed by atoms with E-state index in [1.54, 1.807) is 76.0 Å². The molecule has 0 saturated carbocycles. The molecule has 72 heavy (non-hydrogen) atoms. The van der Waals surface area contributed by atoms with E-state index in [1.807, 2.05) is 86.0 Å². The minimum absolute atomic E-state index is 0. The number of ether oxygens (including phenoxy) is 1. The predicted octanol–water partition coefficient (Wildman–Crippen LogP) is 15.6. The number of pyridine rings is 1. The Balaban J connectivity index is 0.00000694. The third-order valence-corrected chi connectivity index (χ3v) is 12.5. The second-order valence-electron chi connectivity index (χ2n) is 18.2. The number of fused-ring (bicyclic) bond motifs is 7. The van der Waals surface area contributed by atoms with Crippen molar-refractivity contribution in [3.05, 3.63) is 242 Å². The molecule has 13 aromatic rings. The molecule has 0 aliphatic heterocycles. The summed E-state index contributed by atoms with van der Waals surface area (Å²) >= 11 is 0. The summed E-state index contributed by atoms with van der Waals surface area (Å²) in [5.41, 5.74) is 5.43. The van der Waals surface area contributed by atoms with E-state index in [0.29, 0.717) is 39.4 Å². The van der Waals surface area contributed by atoms with E-state index in [-0.39, 0.29) is 54.8 Å². The number of hydrogen-bond acceptors (Lipinski definition) is 2. The fourth-order valence-electron chi connectivity index (χ4n) is 9.78. The van der Waals surface area contributed by atoms with Gasteiger partial charge in [0.2, 0.25) is 0 Å². The van der Waals surface area contributed by atoms with E-state index in [4.69, 9.17) is 23.4 Å². The van der Waals surface area contributed by atoms with Crippen LogP contribution in [0.5, 0.6) is 11.5 Å². The third-order valence-electron chi connectivity index (χ3n) is 12.5. The monoisotopic (exact) mass is 1120 g/mol. The number of imidazole rings is 1. The van der Waals surface area contributed by atoms with Crippen molar-refractivity contribution in [2.75, 3.05) is 0 Å². The maximum atomic E-state index is 9.26. The Bertz CT molecular complexity index is 4690. The number of benzene rings is 9. The van der Waals surface area contributed by atoms with Crippen molar-refractivity contribution in [3.8, 4) is 56.6 Å². The summed E-state index contributed by atoms with van der Waals surface area (Å²) in [7, 11) is 0. The van der Waals surface area contributed by atoms with Gasteiger partial charge in [-0.3, -0.25) is 4.57 Å². The molecule has 0 amide bonds. The van der Waals surface area contributed by atoms with Crippen LogP contribution in [-0.4, -0.2) is 18.7 Å². The van der Waals surface area contributed by atoms with Gasteiger partial charge >= 0.3 is 0 Å². The average Bonchev–Trinajstić information content (AvgIpc) is 2.05. The van der Waals surface area contributed by atoms with Gasteiger partial charge in [0.1, 0.15) is 5.82 Å². The van der Waals surface area contributed by atoms with Crippen molar-refractivity contribution >= 4 is 54.6 Å². The maximum Gasteiger partial charge on any atom is 0.268 e. The fraction of sp³-hybridized carbons (Fsp3) is 0.0769.